The maximum atomic E-state index is 11.2. The maximum absolute atomic E-state index is 11.2. The van der Waals surface area contributed by atoms with E-state index in [-0.39, 0.29) is 17.2 Å². The molecule has 0 unspecified atom stereocenters. The predicted octanol–water partition coefficient (Wildman–Crippen LogP) is 2.53. The molecule has 0 saturated heterocycles. The topological polar surface area (TPSA) is 81.2 Å². The number of aromatic nitrogens is 2. The van der Waals surface area contributed by atoms with Gasteiger partial charge in [0.15, 0.2) is 5.03 Å². The molecule has 7 heteroatoms. The first-order chi connectivity index (χ1) is 9.56. The van der Waals surface area contributed by atoms with Crippen LogP contribution in [0.5, 0.6) is 0 Å². The van der Waals surface area contributed by atoms with Crippen molar-refractivity contribution in [2.45, 2.75) is 29.9 Å². The molecule has 2 aromatic rings. The average Bonchev–Trinajstić information content (AvgIpc) is 2.76. The number of aliphatic hydroxyl groups is 1. The highest BCUT2D eigenvalue weighted by Gasteiger charge is 2.26. The fraction of sp³-hybridized carbons (Fsp3) is 0.308. The van der Waals surface area contributed by atoms with Crippen molar-refractivity contribution < 1.29 is 10.0 Å². The molecule has 0 aliphatic heterocycles. The Labute approximate surface area is 120 Å². The van der Waals surface area contributed by atoms with Gasteiger partial charge in [0.25, 0.3) is 0 Å². The number of rotatable bonds is 5. The van der Waals surface area contributed by atoms with Gasteiger partial charge in [-0.25, -0.2) is 0 Å². The lowest BCUT2D eigenvalue weighted by Crippen LogP contribution is -1.94. The molecule has 0 aliphatic rings. The smallest absolute Gasteiger partial charge is 0.324 e. The summed E-state index contributed by atoms with van der Waals surface area (Å²) in [6.45, 7) is 1.83. The van der Waals surface area contributed by atoms with E-state index in [2.05, 4.69) is 5.10 Å². The van der Waals surface area contributed by atoms with Crippen LogP contribution in [0, 0.1) is 10.1 Å². The maximum Gasteiger partial charge on any atom is 0.324 e. The number of aryl methyl sites for hydroxylation is 2. The quantitative estimate of drug-likeness (QED) is 0.676. The number of benzene rings is 1. The molecule has 1 aromatic heterocycles. The fourth-order valence-electron chi connectivity index (χ4n) is 1.86. The zero-order chi connectivity index (χ0) is 14.7. The third kappa shape index (κ3) is 2.83. The van der Waals surface area contributed by atoms with E-state index >= 15 is 0 Å². The van der Waals surface area contributed by atoms with Crippen LogP contribution in [0.25, 0.3) is 0 Å². The van der Waals surface area contributed by atoms with Crippen molar-refractivity contribution in [3.63, 3.8) is 0 Å². The molecule has 2 rings (SSSR count). The minimum Gasteiger partial charge on any atom is -0.392 e. The molecule has 0 amide bonds. The van der Waals surface area contributed by atoms with Crippen LogP contribution in [-0.4, -0.2) is 19.8 Å². The lowest BCUT2D eigenvalue weighted by atomic mass is 10.2. The van der Waals surface area contributed by atoms with E-state index in [4.69, 9.17) is 5.11 Å². The van der Waals surface area contributed by atoms with Crippen LogP contribution in [0.15, 0.2) is 34.2 Å². The standard InChI is InChI=1S/C13H15N3O3S/c1-3-11-12(16(18)19)13(15(2)14-11)20-10-6-4-9(8-17)5-7-10/h4-7,17H,3,8H2,1-2H3. The van der Waals surface area contributed by atoms with E-state index in [1.165, 1.54) is 11.8 Å². The van der Waals surface area contributed by atoms with Gasteiger partial charge in [-0.05, 0) is 24.1 Å². The summed E-state index contributed by atoms with van der Waals surface area (Å²) >= 11 is 1.30. The molecule has 0 saturated carbocycles. The van der Waals surface area contributed by atoms with Crippen molar-refractivity contribution >= 4 is 17.4 Å². The highest BCUT2D eigenvalue weighted by Crippen LogP contribution is 2.36. The molecule has 0 atom stereocenters. The van der Waals surface area contributed by atoms with Crippen molar-refractivity contribution in [3.05, 3.63) is 45.6 Å². The molecule has 0 fully saturated rings. The first-order valence-electron chi connectivity index (χ1n) is 6.14. The highest BCUT2D eigenvalue weighted by atomic mass is 32.2. The van der Waals surface area contributed by atoms with Crippen LogP contribution in [-0.2, 0) is 20.1 Å². The minimum absolute atomic E-state index is 0.0171. The van der Waals surface area contributed by atoms with Crippen molar-refractivity contribution in [2.24, 2.45) is 7.05 Å². The van der Waals surface area contributed by atoms with Gasteiger partial charge < -0.3 is 5.11 Å². The van der Waals surface area contributed by atoms with Crippen LogP contribution < -0.4 is 0 Å². The summed E-state index contributed by atoms with van der Waals surface area (Å²) in [5.41, 5.74) is 1.38. The van der Waals surface area contributed by atoms with Gasteiger partial charge in [-0.1, -0.05) is 30.8 Å². The van der Waals surface area contributed by atoms with E-state index < -0.39 is 0 Å². The molecular formula is C13H15N3O3S. The molecule has 1 N–H and O–H groups in total. The Hall–Kier alpha value is -1.86. The van der Waals surface area contributed by atoms with Gasteiger partial charge in [-0.15, -0.1) is 0 Å². The zero-order valence-corrected chi connectivity index (χ0v) is 12.1. The van der Waals surface area contributed by atoms with Gasteiger partial charge in [-0.2, -0.15) is 5.10 Å². The normalized spacial score (nSPS) is 10.8. The Kier molecular flexibility index (Phi) is 4.41. The average molecular weight is 293 g/mol. The van der Waals surface area contributed by atoms with E-state index in [1.807, 2.05) is 19.1 Å². The minimum atomic E-state index is -0.379. The largest absolute Gasteiger partial charge is 0.392 e. The SMILES string of the molecule is CCc1nn(C)c(Sc2ccc(CO)cc2)c1[N+](=O)[O-]. The van der Waals surface area contributed by atoms with Crippen molar-refractivity contribution in [2.75, 3.05) is 0 Å². The number of nitrogens with zero attached hydrogens (tertiary/aromatic N) is 3. The van der Waals surface area contributed by atoms with Gasteiger partial charge in [0.05, 0.1) is 11.5 Å². The van der Waals surface area contributed by atoms with Crippen LogP contribution in [0.1, 0.15) is 18.2 Å². The first kappa shape index (κ1) is 14.5. The van der Waals surface area contributed by atoms with Gasteiger partial charge in [0.2, 0.25) is 0 Å². The van der Waals surface area contributed by atoms with E-state index in [1.54, 1.807) is 23.9 Å². The van der Waals surface area contributed by atoms with Crippen LogP contribution in [0.3, 0.4) is 0 Å². The molecule has 0 bridgehead atoms. The Bertz CT molecular complexity index is 623. The van der Waals surface area contributed by atoms with E-state index in [0.717, 1.165) is 10.5 Å². The summed E-state index contributed by atoms with van der Waals surface area (Å²) in [4.78, 5) is 11.7. The van der Waals surface area contributed by atoms with E-state index in [9.17, 15) is 10.1 Å². The number of nitro groups is 1. The third-order valence-electron chi connectivity index (χ3n) is 2.88. The van der Waals surface area contributed by atoms with Gasteiger partial charge in [0, 0.05) is 11.9 Å². The zero-order valence-electron chi connectivity index (χ0n) is 11.2. The number of hydrogen-bond acceptors (Lipinski definition) is 5. The molecule has 20 heavy (non-hydrogen) atoms. The molecule has 6 nitrogen and oxygen atoms in total. The summed E-state index contributed by atoms with van der Waals surface area (Å²) in [6.07, 6.45) is 0.522. The summed E-state index contributed by atoms with van der Waals surface area (Å²) in [5, 5.41) is 24.9. The number of aliphatic hydroxyl groups excluding tert-OH is 1. The number of hydrogen-bond donors (Lipinski definition) is 1. The Morgan fingerprint density at radius 2 is 2.05 bits per heavy atom. The Balaban J connectivity index is 2.36. The van der Waals surface area contributed by atoms with E-state index in [0.29, 0.717) is 17.1 Å². The molecule has 0 spiro atoms. The summed E-state index contributed by atoms with van der Waals surface area (Å²) in [6, 6.07) is 7.26. The van der Waals surface area contributed by atoms with Gasteiger partial charge in [-0.3, -0.25) is 14.8 Å². The first-order valence-corrected chi connectivity index (χ1v) is 6.96. The second-order valence-corrected chi connectivity index (χ2v) is 5.30. The van der Waals surface area contributed by atoms with Crippen LogP contribution in [0.4, 0.5) is 5.69 Å². The Morgan fingerprint density at radius 3 is 2.55 bits per heavy atom. The summed E-state index contributed by atoms with van der Waals surface area (Å²) in [7, 11) is 1.70. The van der Waals surface area contributed by atoms with Crippen molar-refractivity contribution in [1.29, 1.82) is 0 Å². The molecule has 1 aromatic carbocycles. The highest BCUT2D eigenvalue weighted by molar-refractivity contribution is 7.99. The lowest BCUT2D eigenvalue weighted by Gasteiger charge is -2.03. The summed E-state index contributed by atoms with van der Waals surface area (Å²) in [5.74, 6) is 0. The van der Waals surface area contributed by atoms with Gasteiger partial charge >= 0.3 is 5.69 Å². The second kappa shape index (κ2) is 6.06. The monoisotopic (exact) mass is 293 g/mol. The van der Waals surface area contributed by atoms with Gasteiger partial charge in [0.1, 0.15) is 5.69 Å². The van der Waals surface area contributed by atoms with Crippen LogP contribution in [0.2, 0.25) is 0 Å². The van der Waals surface area contributed by atoms with Crippen molar-refractivity contribution in [3.8, 4) is 0 Å². The predicted molar refractivity (Wildman–Crippen MR) is 75.7 cm³/mol. The summed E-state index contributed by atoms with van der Waals surface area (Å²) < 4.78 is 1.54. The molecule has 0 aliphatic carbocycles. The Morgan fingerprint density at radius 1 is 1.40 bits per heavy atom. The second-order valence-electron chi connectivity index (χ2n) is 4.24. The molecule has 1 heterocycles. The molecular weight excluding hydrogens is 278 g/mol. The van der Waals surface area contributed by atoms with Crippen molar-refractivity contribution in [1.82, 2.24) is 9.78 Å². The molecule has 106 valence electrons. The molecule has 0 radical (unpaired) electrons. The lowest BCUT2D eigenvalue weighted by molar-refractivity contribution is -0.388. The van der Waals surface area contributed by atoms with Crippen LogP contribution >= 0.6 is 11.8 Å². The third-order valence-corrected chi connectivity index (χ3v) is 4.04. The fourth-order valence-corrected chi connectivity index (χ4v) is 2.82.